The minimum absolute atomic E-state index is 0.162. The number of aryl methyl sites for hydroxylation is 1. The number of rotatable bonds is 5. The molecule has 0 atom stereocenters. The number of pyridine rings is 1. The van der Waals surface area contributed by atoms with E-state index in [0.717, 1.165) is 5.56 Å². The van der Waals surface area contributed by atoms with Crippen molar-refractivity contribution in [3.05, 3.63) is 59.4 Å². The Labute approximate surface area is 118 Å². The first kappa shape index (κ1) is 14.6. The van der Waals surface area contributed by atoms with Crippen molar-refractivity contribution in [1.29, 1.82) is 0 Å². The van der Waals surface area contributed by atoms with Gasteiger partial charge in [0.1, 0.15) is 0 Å². The van der Waals surface area contributed by atoms with Gasteiger partial charge in [0.25, 0.3) is 0 Å². The highest BCUT2D eigenvalue weighted by Gasteiger charge is 2.17. The standard InChI is InChI=1S/C14H17N3O2S/c1-11-5-6-12(9-15)8-14(11)20(18,19)17-10-13-4-2-3-7-16-13/h2-8,17H,9-10,15H2,1H3. The third-order valence-corrected chi connectivity index (χ3v) is 4.49. The number of nitrogens with two attached hydrogens (primary N) is 1. The van der Waals surface area contributed by atoms with Gasteiger partial charge in [-0.1, -0.05) is 18.2 Å². The van der Waals surface area contributed by atoms with Crippen LogP contribution in [0.2, 0.25) is 0 Å². The van der Waals surface area contributed by atoms with Crippen molar-refractivity contribution in [1.82, 2.24) is 9.71 Å². The first-order valence-corrected chi connectivity index (χ1v) is 7.70. The normalized spacial score (nSPS) is 11.5. The molecule has 0 spiro atoms. The first-order valence-electron chi connectivity index (χ1n) is 6.22. The van der Waals surface area contributed by atoms with Gasteiger partial charge in [-0.25, -0.2) is 13.1 Å². The zero-order valence-electron chi connectivity index (χ0n) is 11.2. The molecular formula is C14H17N3O2S. The monoisotopic (exact) mass is 291 g/mol. The van der Waals surface area contributed by atoms with Gasteiger partial charge < -0.3 is 5.73 Å². The van der Waals surface area contributed by atoms with Crippen LogP contribution in [0.25, 0.3) is 0 Å². The Kier molecular flexibility index (Phi) is 4.49. The molecule has 5 nitrogen and oxygen atoms in total. The first-order chi connectivity index (χ1) is 9.53. The average molecular weight is 291 g/mol. The van der Waals surface area contributed by atoms with E-state index in [-0.39, 0.29) is 11.4 Å². The molecule has 0 saturated heterocycles. The molecule has 0 radical (unpaired) electrons. The van der Waals surface area contributed by atoms with Crippen molar-refractivity contribution in [2.75, 3.05) is 0 Å². The number of nitrogens with zero attached hydrogens (tertiary/aromatic N) is 1. The Morgan fingerprint density at radius 3 is 2.70 bits per heavy atom. The molecule has 6 heteroatoms. The fraction of sp³-hybridized carbons (Fsp3) is 0.214. The van der Waals surface area contributed by atoms with Crippen LogP contribution in [0.4, 0.5) is 0 Å². The molecule has 0 aliphatic rings. The second-order valence-electron chi connectivity index (χ2n) is 4.45. The Balaban J connectivity index is 2.22. The van der Waals surface area contributed by atoms with Crippen molar-refractivity contribution in [2.24, 2.45) is 5.73 Å². The van der Waals surface area contributed by atoms with E-state index in [9.17, 15) is 8.42 Å². The van der Waals surface area contributed by atoms with Gasteiger partial charge in [0.05, 0.1) is 17.1 Å². The van der Waals surface area contributed by atoms with Gasteiger partial charge in [0.15, 0.2) is 0 Å². The van der Waals surface area contributed by atoms with Gasteiger partial charge in [-0.2, -0.15) is 0 Å². The van der Waals surface area contributed by atoms with Crippen LogP contribution in [0.3, 0.4) is 0 Å². The molecule has 3 N–H and O–H groups in total. The topological polar surface area (TPSA) is 85.1 Å². The van der Waals surface area contributed by atoms with Gasteiger partial charge in [0.2, 0.25) is 10.0 Å². The SMILES string of the molecule is Cc1ccc(CN)cc1S(=O)(=O)NCc1ccccn1. The Bertz CT molecular complexity index is 685. The van der Waals surface area contributed by atoms with Gasteiger partial charge in [0, 0.05) is 12.7 Å². The van der Waals surface area contributed by atoms with Crippen molar-refractivity contribution in [3.63, 3.8) is 0 Å². The number of hydrogen-bond donors (Lipinski definition) is 2. The van der Waals surface area contributed by atoms with Crippen molar-refractivity contribution in [2.45, 2.75) is 24.9 Å². The van der Waals surface area contributed by atoms with Crippen LogP contribution in [0.5, 0.6) is 0 Å². The van der Waals surface area contributed by atoms with E-state index in [1.165, 1.54) is 0 Å². The summed E-state index contributed by atoms with van der Waals surface area (Å²) in [6.45, 7) is 2.23. The molecule has 0 fully saturated rings. The molecule has 1 aromatic carbocycles. The smallest absolute Gasteiger partial charge is 0.241 e. The molecule has 2 aromatic rings. The largest absolute Gasteiger partial charge is 0.326 e. The van der Waals surface area contributed by atoms with Crippen LogP contribution in [-0.2, 0) is 23.1 Å². The maximum absolute atomic E-state index is 12.3. The lowest BCUT2D eigenvalue weighted by Gasteiger charge is -2.10. The quantitative estimate of drug-likeness (QED) is 0.870. The van der Waals surface area contributed by atoms with Crippen molar-refractivity contribution >= 4 is 10.0 Å². The van der Waals surface area contributed by atoms with Crippen molar-refractivity contribution in [3.8, 4) is 0 Å². The van der Waals surface area contributed by atoms with E-state index in [2.05, 4.69) is 9.71 Å². The Hall–Kier alpha value is -1.76. The summed E-state index contributed by atoms with van der Waals surface area (Å²) in [5.41, 5.74) is 7.70. The van der Waals surface area contributed by atoms with E-state index in [1.54, 1.807) is 37.4 Å². The number of sulfonamides is 1. The Morgan fingerprint density at radius 2 is 2.05 bits per heavy atom. The lowest BCUT2D eigenvalue weighted by molar-refractivity contribution is 0.579. The lowest BCUT2D eigenvalue weighted by atomic mass is 10.1. The zero-order chi connectivity index (χ0) is 14.6. The predicted octanol–water partition coefficient (Wildman–Crippen LogP) is 1.33. The summed E-state index contributed by atoms with van der Waals surface area (Å²) in [5, 5.41) is 0. The average Bonchev–Trinajstić information content (AvgIpc) is 2.47. The molecule has 0 saturated carbocycles. The highest BCUT2D eigenvalue weighted by Crippen LogP contribution is 2.17. The summed E-state index contributed by atoms with van der Waals surface area (Å²) in [5.74, 6) is 0. The fourth-order valence-electron chi connectivity index (χ4n) is 1.81. The number of nitrogens with one attached hydrogen (secondary N) is 1. The maximum atomic E-state index is 12.3. The molecular weight excluding hydrogens is 274 g/mol. The van der Waals surface area contributed by atoms with E-state index >= 15 is 0 Å². The van der Waals surface area contributed by atoms with E-state index < -0.39 is 10.0 Å². The number of hydrogen-bond acceptors (Lipinski definition) is 4. The Morgan fingerprint density at radius 1 is 1.25 bits per heavy atom. The summed E-state index contributed by atoms with van der Waals surface area (Å²) in [6, 6.07) is 10.6. The zero-order valence-corrected chi connectivity index (χ0v) is 12.0. The molecule has 1 heterocycles. The molecule has 20 heavy (non-hydrogen) atoms. The number of aromatic nitrogens is 1. The van der Waals surface area contributed by atoms with Crippen LogP contribution < -0.4 is 10.5 Å². The van der Waals surface area contributed by atoms with Crippen LogP contribution >= 0.6 is 0 Å². The molecule has 2 rings (SSSR count). The van der Waals surface area contributed by atoms with Crippen LogP contribution in [0.1, 0.15) is 16.8 Å². The third-order valence-electron chi connectivity index (χ3n) is 2.95. The van der Waals surface area contributed by atoms with E-state index in [0.29, 0.717) is 17.8 Å². The van der Waals surface area contributed by atoms with Gasteiger partial charge >= 0.3 is 0 Å². The summed E-state index contributed by atoms with van der Waals surface area (Å²) in [6.07, 6.45) is 1.63. The van der Waals surface area contributed by atoms with Crippen LogP contribution in [-0.4, -0.2) is 13.4 Å². The lowest BCUT2D eigenvalue weighted by Crippen LogP contribution is -2.24. The summed E-state index contributed by atoms with van der Waals surface area (Å²) in [4.78, 5) is 4.35. The van der Waals surface area contributed by atoms with Crippen LogP contribution in [0.15, 0.2) is 47.5 Å². The predicted molar refractivity (Wildman–Crippen MR) is 77.3 cm³/mol. The van der Waals surface area contributed by atoms with Gasteiger partial charge in [-0.15, -0.1) is 0 Å². The molecule has 0 bridgehead atoms. The van der Waals surface area contributed by atoms with Gasteiger partial charge in [-0.05, 0) is 36.2 Å². The van der Waals surface area contributed by atoms with Crippen molar-refractivity contribution < 1.29 is 8.42 Å². The second-order valence-corrected chi connectivity index (χ2v) is 6.18. The molecule has 0 unspecified atom stereocenters. The highest BCUT2D eigenvalue weighted by atomic mass is 32.2. The second kappa shape index (κ2) is 6.13. The van der Waals surface area contributed by atoms with E-state index in [1.807, 2.05) is 12.1 Å². The number of benzene rings is 1. The highest BCUT2D eigenvalue weighted by molar-refractivity contribution is 7.89. The minimum atomic E-state index is -3.57. The molecule has 0 aliphatic carbocycles. The molecule has 1 aromatic heterocycles. The maximum Gasteiger partial charge on any atom is 0.241 e. The summed E-state index contributed by atoms with van der Waals surface area (Å²) in [7, 11) is -3.57. The third kappa shape index (κ3) is 3.41. The molecule has 106 valence electrons. The fourth-order valence-corrected chi connectivity index (χ4v) is 3.10. The summed E-state index contributed by atoms with van der Waals surface area (Å²) >= 11 is 0. The van der Waals surface area contributed by atoms with E-state index in [4.69, 9.17) is 5.73 Å². The minimum Gasteiger partial charge on any atom is -0.326 e. The van der Waals surface area contributed by atoms with Gasteiger partial charge in [-0.3, -0.25) is 4.98 Å². The molecule has 0 amide bonds. The summed E-state index contributed by atoms with van der Waals surface area (Å²) < 4.78 is 27.2. The van der Waals surface area contributed by atoms with Crippen LogP contribution in [0, 0.1) is 6.92 Å². The molecule has 0 aliphatic heterocycles.